The molecule has 5 heteroatoms. The molecule has 1 aliphatic heterocycles. The van der Waals surface area contributed by atoms with Gasteiger partial charge in [0.25, 0.3) is 0 Å². The van der Waals surface area contributed by atoms with E-state index in [2.05, 4.69) is 5.32 Å². The van der Waals surface area contributed by atoms with Crippen LogP contribution < -0.4 is 5.32 Å². The van der Waals surface area contributed by atoms with Gasteiger partial charge in [-0.1, -0.05) is 0 Å². The van der Waals surface area contributed by atoms with E-state index in [0.29, 0.717) is 6.61 Å². The van der Waals surface area contributed by atoms with Crippen LogP contribution in [0, 0.1) is 0 Å². The van der Waals surface area contributed by atoms with Crippen LogP contribution >= 0.6 is 0 Å². The van der Waals surface area contributed by atoms with Crippen molar-refractivity contribution in [1.29, 1.82) is 0 Å². The van der Waals surface area contributed by atoms with E-state index in [-0.39, 0.29) is 30.4 Å². The second kappa shape index (κ2) is 5.80. The summed E-state index contributed by atoms with van der Waals surface area (Å²) in [4.78, 5) is 11.3. The monoisotopic (exact) mass is 245 g/mol. The summed E-state index contributed by atoms with van der Waals surface area (Å²) in [5.74, 6) is -0.337. The quantitative estimate of drug-likeness (QED) is 0.552. The average Bonchev–Trinajstić information content (AvgIpc) is 2.17. The van der Waals surface area contributed by atoms with Crippen LogP contribution in [0.4, 0.5) is 0 Å². The molecule has 1 fully saturated rings. The maximum Gasteiger partial charge on any atom is 0.332 e. The third kappa shape index (κ3) is 6.00. The van der Waals surface area contributed by atoms with Gasteiger partial charge < -0.3 is 19.5 Å². The highest BCUT2D eigenvalue weighted by Crippen LogP contribution is 2.14. The van der Waals surface area contributed by atoms with E-state index < -0.39 is 0 Å². The summed E-state index contributed by atoms with van der Waals surface area (Å²) in [6.07, 6.45) is 0. The molecule has 5 nitrogen and oxygen atoms in total. The van der Waals surface area contributed by atoms with Crippen LogP contribution in [0.5, 0.6) is 0 Å². The maximum atomic E-state index is 11.3. The van der Waals surface area contributed by atoms with Crippen molar-refractivity contribution in [2.75, 3.05) is 32.9 Å². The maximum absolute atomic E-state index is 11.3. The van der Waals surface area contributed by atoms with E-state index in [0.717, 1.165) is 13.1 Å². The summed E-state index contributed by atoms with van der Waals surface area (Å²) >= 11 is 0. The molecule has 1 heterocycles. The van der Waals surface area contributed by atoms with Gasteiger partial charge in [-0.05, 0) is 27.7 Å². The van der Waals surface area contributed by atoms with Gasteiger partial charge >= 0.3 is 5.97 Å². The summed E-state index contributed by atoms with van der Waals surface area (Å²) in [5, 5.41) is 3.10. The van der Waals surface area contributed by atoms with Gasteiger partial charge in [-0.3, -0.25) is 0 Å². The second-order valence-electron chi connectivity index (χ2n) is 5.52. The Kier molecular flexibility index (Phi) is 4.91. The third-order valence-corrected chi connectivity index (χ3v) is 2.42. The summed E-state index contributed by atoms with van der Waals surface area (Å²) in [7, 11) is 0. The zero-order valence-electron chi connectivity index (χ0n) is 11.2. The van der Waals surface area contributed by atoms with Gasteiger partial charge in [0.1, 0.15) is 13.2 Å². The standard InChI is InChI=1S/C12H23NO4/c1-11(2,3)16-6-5-15-10(14)7-17-12(4)8-13-9-12/h13H,5-9H2,1-4H3. The first-order valence-electron chi connectivity index (χ1n) is 5.95. The first-order chi connectivity index (χ1) is 7.81. The molecule has 0 unspecified atom stereocenters. The van der Waals surface area contributed by atoms with E-state index in [1.807, 2.05) is 27.7 Å². The lowest BCUT2D eigenvalue weighted by Crippen LogP contribution is -2.59. The Morgan fingerprint density at radius 2 is 1.94 bits per heavy atom. The highest BCUT2D eigenvalue weighted by molar-refractivity contribution is 5.70. The van der Waals surface area contributed by atoms with Crippen molar-refractivity contribution in [2.45, 2.75) is 38.9 Å². The van der Waals surface area contributed by atoms with Crippen molar-refractivity contribution in [1.82, 2.24) is 5.32 Å². The number of carbonyl (C=O) groups excluding carboxylic acids is 1. The van der Waals surface area contributed by atoms with Crippen LogP contribution in [0.3, 0.4) is 0 Å². The van der Waals surface area contributed by atoms with E-state index in [1.165, 1.54) is 0 Å². The summed E-state index contributed by atoms with van der Waals surface area (Å²) < 4.78 is 15.9. The molecule has 0 saturated carbocycles. The fraction of sp³-hybridized carbons (Fsp3) is 0.917. The largest absolute Gasteiger partial charge is 0.462 e. The fourth-order valence-corrected chi connectivity index (χ4v) is 1.36. The molecule has 17 heavy (non-hydrogen) atoms. The van der Waals surface area contributed by atoms with Crippen molar-refractivity contribution < 1.29 is 19.0 Å². The van der Waals surface area contributed by atoms with Gasteiger partial charge in [0.05, 0.1) is 17.8 Å². The molecule has 0 atom stereocenters. The van der Waals surface area contributed by atoms with Crippen LogP contribution in [0.15, 0.2) is 0 Å². The molecule has 0 bridgehead atoms. The fourth-order valence-electron chi connectivity index (χ4n) is 1.36. The minimum absolute atomic E-state index is 0.00764. The Morgan fingerprint density at radius 1 is 1.29 bits per heavy atom. The SMILES string of the molecule is CC(C)(C)OCCOC(=O)COC1(C)CNC1. The van der Waals surface area contributed by atoms with E-state index in [9.17, 15) is 4.79 Å². The lowest BCUT2D eigenvalue weighted by Gasteiger charge is -2.38. The minimum Gasteiger partial charge on any atom is -0.462 e. The molecule has 0 radical (unpaired) electrons. The van der Waals surface area contributed by atoms with Crippen LogP contribution in [0.1, 0.15) is 27.7 Å². The molecule has 0 amide bonds. The zero-order chi connectivity index (χ0) is 12.9. The van der Waals surface area contributed by atoms with Crippen LogP contribution in [-0.2, 0) is 19.0 Å². The zero-order valence-corrected chi connectivity index (χ0v) is 11.2. The van der Waals surface area contributed by atoms with Gasteiger partial charge in [-0.15, -0.1) is 0 Å². The lowest BCUT2D eigenvalue weighted by molar-refractivity contribution is -0.161. The first-order valence-corrected chi connectivity index (χ1v) is 5.95. The molecular formula is C12H23NO4. The van der Waals surface area contributed by atoms with Gasteiger partial charge in [-0.2, -0.15) is 0 Å². The molecule has 0 spiro atoms. The average molecular weight is 245 g/mol. The lowest BCUT2D eigenvalue weighted by atomic mass is 10.0. The first kappa shape index (κ1) is 14.4. The molecule has 0 aromatic heterocycles. The molecule has 0 aromatic rings. The molecular weight excluding hydrogens is 222 g/mol. The smallest absolute Gasteiger partial charge is 0.332 e. The normalized spacial score (nSPS) is 18.6. The van der Waals surface area contributed by atoms with Crippen LogP contribution in [0.2, 0.25) is 0 Å². The second-order valence-corrected chi connectivity index (χ2v) is 5.52. The Hall–Kier alpha value is -0.650. The Bertz CT molecular complexity index is 256. The third-order valence-electron chi connectivity index (χ3n) is 2.42. The minimum atomic E-state index is -0.337. The topological polar surface area (TPSA) is 56.8 Å². The number of carbonyl (C=O) groups is 1. The van der Waals surface area contributed by atoms with E-state index >= 15 is 0 Å². The number of rotatable bonds is 6. The number of nitrogens with one attached hydrogen (secondary N) is 1. The van der Waals surface area contributed by atoms with Gasteiger partial charge in [0.15, 0.2) is 0 Å². The highest BCUT2D eigenvalue weighted by atomic mass is 16.6. The molecule has 1 N–H and O–H groups in total. The summed E-state index contributed by atoms with van der Waals surface area (Å²) in [6, 6.07) is 0. The predicted octanol–water partition coefficient (Wildman–Crippen LogP) is 0.723. The highest BCUT2D eigenvalue weighted by Gasteiger charge is 2.33. The van der Waals surface area contributed by atoms with Crippen molar-refractivity contribution in [3.05, 3.63) is 0 Å². The molecule has 1 saturated heterocycles. The van der Waals surface area contributed by atoms with E-state index in [4.69, 9.17) is 14.2 Å². The number of esters is 1. The molecule has 1 aliphatic rings. The van der Waals surface area contributed by atoms with Gasteiger partial charge in [0, 0.05) is 13.1 Å². The van der Waals surface area contributed by atoms with Crippen molar-refractivity contribution in [2.24, 2.45) is 0 Å². The van der Waals surface area contributed by atoms with E-state index in [1.54, 1.807) is 0 Å². The Labute approximate surface area is 103 Å². The number of hydrogen-bond acceptors (Lipinski definition) is 5. The van der Waals surface area contributed by atoms with Crippen molar-refractivity contribution >= 4 is 5.97 Å². The van der Waals surface area contributed by atoms with Crippen LogP contribution in [-0.4, -0.2) is 50.1 Å². The van der Waals surface area contributed by atoms with Gasteiger partial charge in [-0.25, -0.2) is 4.79 Å². The van der Waals surface area contributed by atoms with Crippen LogP contribution in [0.25, 0.3) is 0 Å². The van der Waals surface area contributed by atoms with Crippen molar-refractivity contribution in [3.63, 3.8) is 0 Å². The molecule has 100 valence electrons. The molecule has 1 rings (SSSR count). The van der Waals surface area contributed by atoms with Crippen molar-refractivity contribution in [3.8, 4) is 0 Å². The molecule has 0 aromatic carbocycles. The predicted molar refractivity (Wildman–Crippen MR) is 63.9 cm³/mol. The van der Waals surface area contributed by atoms with Gasteiger partial charge in [0.2, 0.25) is 0 Å². The molecule has 0 aliphatic carbocycles. The Morgan fingerprint density at radius 3 is 2.41 bits per heavy atom. The number of hydrogen-bond donors (Lipinski definition) is 1. The summed E-state index contributed by atoms with van der Waals surface area (Å²) in [5.41, 5.74) is -0.408. The summed E-state index contributed by atoms with van der Waals surface area (Å²) in [6.45, 7) is 10.1. The number of ether oxygens (including phenoxy) is 3. The Balaban J connectivity index is 2.01.